The molecular weight excluding hydrogens is 269 g/mol. The molecule has 0 aliphatic carbocycles. The minimum Gasteiger partial charge on any atom is -0.368 e. The van der Waals surface area contributed by atoms with Crippen LogP contribution in [-0.4, -0.2) is 43.0 Å². The molecule has 1 aromatic rings. The first-order valence-electron chi connectivity index (χ1n) is 6.40. The van der Waals surface area contributed by atoms with E-state index in [1.807, 2.05) is 0 Å². The highest BCUT2D eigenvalue weighted by Gasteiger charge is 2.25. The third-order valence-electron chi connectivity index (χ3n) is 3.32. The Morgan fingerprint density at radius 1 is 1.58 bits per heavy atom. The second-order valence-electron chi connectivity index (χ2n) is 4.64. The van der Waals surface area contributed by atoms with E-state index in [4.69, 9.17) is 16.3 Å². The predicted molar refractivity (Wildman–Crippen MR) is 72.0 cm³/mol. The summed E-state index contributed by atoms with van der Waals surface area (Å²) in [7, 11) is 0. The Kier molecular flexibility index (Phi) is 4.91. The van der Waals surface area contributed by atoms with E-state index in [2.05, 4.69) is 11.8 Å². The summed E-state index contributed by atoms with van der Waals surface area (Å²) >= 11 is 5.70. The smallest absolute Gasteiger partial charge is 0.167 e. The zero-order valence-corrected chi connectivity index (χ0v) is 11.6. The molecule has 0 bridgehead atoms. The van der Waals surface area contributed by atoms with Crippen LogP contribution in [0.3, 0.4) is 0 Å². The number of halogens is 2. The molecule has 0 saturated carbocycles. The molecule has 104 valence electrons. The predicted octanol–water partition coefficient (Wildman–Crippen LogP) is 2.31. The molecule has 1 heterocycles. The van der Waals surface area contributed by atoms with Gasteiger partial charge in [0.15, 0.2) is 5.78 Å². The van der Waals surface area contributed by atoms with Gasteiger partial charge in [0.25, 0.3) is 0 Å². The van der Waals surface area contributed by atoms with Gasteiger partial charge in [-0.2, -0.15) is 0 Å². The Hall–Kier alpha value is -0.970. The quantitative estimate of drug-likeness (QED) is 0.850. The minimum atomic E-state index is -0.469. The molecule has 1 aliphatic rings. The minimum absolute atomic E-state index is 0.0147. The maximum atomic E-state index is 13.0. The summed E-state index contributed by atoms with van der Waals surface area (Å²) in [4.78, 5) is 14.3. The van der Waals surface area contributed by atoms with Crippen molar-refractivity contribution in [2.45, 2.75) is 19.4 Å². The van der Waals surface area contributed by atoms with Crippen LogP contribution in [0, 0.1) is 5.82 Å². The van der Waals surface area contributed by atoms with E-state index in [9.17, 15) is 9.18 Å². The number of carbonyl (C=O) groups excluding carboxylic acids is 1. The molecule has 2 rings (SSSR count). The Balaban J connectivity index is 1.98. The number of ketones is 1. The van der Waals surface area contributed by atoms with Crippen molar-refractivity contribution in [2.24, 2.45) is 0 Å². The number of Topliss-reactive ketones (excluding diaryl/α,β-unsaturated/α-hetero) is 1. The van der Waals surface area contributed by atoms with E-state index >= 15 is 0 Å². The van der Waals surface area contributed by atoms with Gasteiger partial charge in [0, 0.05) is 19.5 Å². The molecule has 1 aromatic carbocycles. The van der Waals surface area contributed by atoms with Gasteiger partial charge in [-0.25, -0.2) is 4.39 Å². The maximum absolute atomic E-state index is 13.0. The van der Waals surface area contributed by atoms with Crippen LogP contribution in [0.15, 0.2) is 18.2 Å². The van der Waals surface area contributed by atoms with E-state index in [1.54, 1.807) is 6.07 Å². The molecule has 0 spiro atoms. The summed E-state index contributed by atoms with van der Waals surface area (Å²) in [6.07, 6.45) is -0.167. The fraction of sp³-hybridized carbons (Fsp3) is 0.500. The monoisotopic (exact) mass is 285 g/mol. The molecular formula is C14H17ClFNO2. The Bertz CT molecular complexity index is 467. The largest absolute Gasteiger partial charge is 0.368 e. The lowest BCUT2D eigenvalue weighted by Gasteiger charge is -2.31. The van der Waals surface area contributed by atoms with Gasteiger partial charge in [0.05, 0.1) is 11.6 Å². The van der Waals surface area contributed by atoms with Gasteiger partial charge in [-0.3, -0.25) is 9.69 Å². The highest BCUT2D eigenvalue weighted by atomic mass is 35.5. The van der Waals surface area contributed by atoms with Crippen LogP contribution < -0.4 is 0 Å². The molecule has 1 atom stereocenters. The summed E-state index contributed by atoms with van der Waals surface area (Å²) in [5.41, 5.74) is 0.716. The lowest BCUT2D eigenvalue weighted by Crippen LogP contribution is -2.46. The van der Waals surface area contributed by atoms with Crippen molar-refractivity contribution in [3.63, 3.8) is 0 Å². The summed E-state index contributed by atoms with van der Waals surface area (Å²) < 4.78 is 18.5. The number of hydrogen-bond acceptors (Lipinski definition) is 3. The van der Waals surface area contributed by atoms with Crippen molar-refractivity contribution < 1.29 is 13.9 Å². The lowest BCUT2D eigenvalue weighted by molar-refractivity contribution is -0.135. The zero-order chi connectivity index (χ0) is 13.8. The van der Waals surface area contributed by atoms with Crippen molar-refractivity contribution in [2.75, 3.05) is 26.2 Å². The maximum Gasteiger partial charge on any atom is 0.167 e. The summed E-state index contributed by atoms with van der Waals surface area (Å²) in [5.74, 6) is -0.454. The van der Waals surface area contributed by atoms with Gasteiger partial charge in [-0.05, 0) is 24.2 Å². The van der Waals surface area contributed by atoms with E-state index in [0.717, 1.165) is 13.1 Å². The molecule has 1 saturated heterocycles. The van der Waals surface area contributed by atoms with Crippen LogP contribution in [-0.2, 0) is 16.0 Å². The molecule has 19 heavy (non-hydrogen) atoms. The van der Waals surface area contributed by atoms with Crippen LogP contribution in [0.1, 0.15) is 12.5 Å². The first-order chi connectivity index (χ1) is 9.10. The molecule has 0 aromatic heterocycles. The molecule has 0 N–H and O–H groups in total. The Labute approximate surface area is 117 Å². The fourth-order valence-corrected chi connectivity index (χ4v) is 2.35. The fourth-order valence-electron chi connectivity index (χ4n) is 2.15. The second kappa shape index (κ2) is 6.46. The molecule has 5 heteroatoms. The van der Waals surface area contributed by atoms with Gasteiger partial charge < -0.3 is 4.74 Å². The van der Waals surface area contributed by atoms with E-state index < -0.39 is 11.9 Å². The van der Waals surface area contributed by atoms with Crippen LogP contribution in [0.5, 0.6) is 0 Å². The number of morpholine rings is 1. The Morgan fingerprint density at radius 3 is 3.05 bits per heavy atom. The van der Waals surface area contributed by atoms with Crippen molar-refractivity contribution >= 4 is 17.4 Å². The van der Waals surface area contributed by atoms with Crippen molar-refractivity contribution in [3.8, 4) is 0 Å². The molecule has 1 fully saturated rings. The molecule has 0 amide bonds. The van der Waals surface area contributed by atoms with Crippen LogP contribution in [0.2, 0.25) is 5.02 Å². The number of carbonyl (C=O) groups is 1. The van der Waals surface area contributed by atoms with E-state index in [0.29, 0.717) is 18.7 Å². The first kappa shape index (κ1) is 14.4. The lowest BCUT2D eigenvalue weighted by atomic mass is 10.0. The third kappa shape index (κ3) is 3.75. The zero-order valence-electron chi connectivity index (χ0n) is 10.9. The first-order valence-corrected chi connectivity index (χ1v) is 6.78. The van der Waals surface area contributed by atoms with Gasteiger partial charge in [0.2, 0.25) is 0 Å². The number of rotatable bonds is 4. The summed E-state index contributed by atoms with van der Waals surface area (Å²) in [6, 6.07) is 4.36. The van der Waals surface area contributed by atoms with Gasteiger partial charge in [-0.15, -0.1) is 0 Å². The average molecular weight is 286 g/mol. The van der Waals surface area contributed by atoms with E-state index in [-0.39, 0.29) is 17.2 Å². The summed E-state index contributed by atoms with van der Waals surface area (Å²) in [5, 5.41) is 0.0463. The number of likely N-dealkylation sites (N-methyl/N-ethyl adjacent to an activating group) is 1. The number of ether oxygens (including phenoxy) is 1. The van der Waals surface area contributed by atoms with Crippen molar-refractivity contribution in [3.05, 3.63) is 34.6 Å². The Morgan fingerprint density at radius 2 is 2.37 bits per heavy atom. The number of hydrogen-bond donors (Lipinski definition) is 0. The third-order valence-corrected chi connectivity index (χ3v) is 3.61. The van der Waals surface area contributed by atoms with Crippen LogP contribution >= 0.6 is 11.6 Å². The van der Waals surface area contributed by atoms with Crippen molar-refractivity contribution in [1.29, 1.82) is 0 Å². The summed E-state index contributed by atoms with van der Waals surface area (Å²) in [6.45, 7) is 5.05. The topological polar surface area (TPSA) is 29.5 Å². The van der Waals surface area contributed by atoms with E-state index in [1.165, 1.54) is 12.1 Å². The standard InChI is InChI=1S/C14H17ClFNO2/c1-2-17-5-6-19-14(9-17)13(18)8-10-3-4-12(16)11(15)7-10/h3-4,7,14H,2,5-6,8-9H2,1H3. The number of nitrogens with zero attached hydrogens (tertiary/aromatic N) is 1. The van der Waals surface area contributed by atoms with Gasteiger partial charge >= 0.3 is 0 Å². The second-order valence-corrected chi connectivity index (χ2v) is 5.05. The van der Waals surface area contributed by atoms with Gasteiger partial charge in [0.1, 0.15) is 11.9 Å². The highest BCUT2D eigenvalue weighted by molar-refractivity contribution is 6.30. The molecule has 0 radical (unpaired) electrons. The van der Waals surface area contributed by atoms with Crippen LogP contribution in [0.4, 0.5) is 4.39 Å². The van der Waals surface area contributed by atoms with Crippen LogP contribution in [0.25, 0.3) is 0 Å². The van der Waals surface area contributed by atoms with Gasteiger partial charge in [-0.1, -0.05) is 24.6 Å². The molecule has 1 unspecified atom stereocenters. The SMILES string of the molecule is CCN1CCOC(C(=O)Cc2ccc(F)c(Cl)c2)C1. The van der Waals surface area contributed by atoms with Crippen molar-refractivity contribution in [1.82, 2.24) is 4.90 Å². The highest BCUT2D eigenvalue weighted by Crippen LogP contribution is 2.17. The molecule has 3 nitrogen and oxygen atoms in total. The molecule has 1 aliphatic heterocycles. The average Bonchev–Trinajstić information content (AvgIpc) is 2.43. The normalized spacial score (nSPS) is 20.5. The number of benzene rings is 1.